The second kappa shape index (κ2) is 8.77. The molecule has 2 fully saturated rings. The number of carbonyl (C=O) groups excluding carboxylic acids is 1. The molecule has 3 unspecified atom stereocenters. The van der Waals surface area contributed by atoms with Gasteiger partial charge < -0.3 is 4.90 Å². The van der Waals surface area contributed by atoms with E-state index >= 15 is 0 Å². The Morgan fingerprint density at radius 1 is 1.17 bits per heavy atom. The maximum absolute atomic E-state index is 13.2. The lowest BCUT2D eigenvalue weighted by molar-refractivity contribution is 0.0706. The van der Waals surface area contributed by atoms with E-state index in [1.54, 1.807) is 46.1 Å². The van der Waals surface area contributed by atoms with E-state index in [4.69, 9.17) is 0 Å². The Bertz CT molecular complexity index is 981. The van der Waals surface area contributed by atoms with Gasteiger partial charge in [0.2, 0.25) is 10.0 Å². The van der Waals surface area contributed by atoms with E-state index in [0.717, 1.165) is 24.3 Å². The van der Waals surface area contributed by atoms with Crippen LogP contribution in [-0.2, 0) is 10.0 Å². The quantitative estimate of drug-likeness (QED) is 0.714. The lowest BCUT2D eigenvalue weighted by atomic mass is 9.94. The second-order valence-electron chi connectivity index (χ2n) is 8.76. The molecule has 2 aliphatic heterocycles. The highest BCUT2D eigenvalue weighted by Crippen LogP contribution is 2.30. The molecule has 2 aromatic rings. The Morgan fingerprint density at radius 3 is 2.63 bits per heavy atom. The van der Waals surface area contributed by atoms with Gasteiger partial charge in [0.05, 0.1) is 9.90 Å². The molecule has 2 aliphatic rings. The first kappa shape index (κ1) is 21.5. The minimum absolute atomic E-state index is 0.103. The largest absolute Gasteiger partial charge is 0.338 e. The molecule has 4 rings (SSSR count). The zero-order valence-electron chi connectivity index (χ0n) is 17.5. The first-order chi connectivity index (χ1) is 14.3. The molecule has 0 saturated carbocycles. The number of carbonyl (C=O) groups is 1. The van der Waals surface area contributed by atoms with Gasteiger partial charge in [-0.05, 0) is 49.3 Å². The van der Waals surface area contributed by atoms with Crippen LogP contribution in [0.5, 0.6) is 0 Å². The molecule has 3 atom stereocenters. The third-order valence-corrected chi connectivity index (χ3v) is 8.83. The van der Waals surface area contributed by atoms with Crippen molar-refractivity contribution in [3.8, 4) is 0 Å². The zero-order chi connectivity index (χ0) is 21.3. The van der Waals surface area contributed by atoms with Crippen molar-refractivity contribution < 1.29 is 13.2 Å². The van der Waals surface area contributed by atoms with Gasteiger partial charge in [0.25, 0.3) is 5.91 Å². The molecule has 1 aromatic heterocycles. The van der Waals surface area contributed by atoms with Crippen molar-refractivity contribution in [2.24, 2.45) is 11.8 Å². The summed E-state index contributed by atoms with van der Waals surface area (Å²) in [6, 6.07) is 6.55. The van der Waals surface area contributed by atoms with E-state index in [1.807, 2.05) is 10.3 Å². The Labute approximate surface area is 183 Å². The van der Waals surface area contributed by atoms with Crippen molar-refractivity contribution >= 4 is 27.3 Å². The van der Waals surface area contributed by atoms with E-state index < -0.39 is 10.0 Å². The minimum Gasteiger partial charge on any atom is -0.338 e. The SMILES string of the molecule is CC1CC(C)CN(S(=O)(=O)c2cccc(C(=O)N3CCCC(c4nccs4)C3)c2)C1. The van der Waals surface area contributed by atoms with E-state index in [0.29, 0.717) is 43.6 Å². The molecular weight excluding hydrogens is 418 g/mol. The van der Waals surface area contributed by atoms with Gasteiger partial charge in [0.15, 0.2) is 0 Å². The number of hydrogen-bond acceptors (Lipinski definition) is 5. The molecule has 1 amide bonds. The van der Waals surface area contributed by atoms with Crippen LogP contribution < -0.4 is 0 Å². The molecule has 0 aliphatic carbocycles. The number of benzene rings is 1. The molecular formula is C22H29N3O3S2. The van der Waals surface area contributed by atoms with E-state index in [1.165, 1.54) is 0 Å². The predicted octanol–water partition coefficient (Wildman–Crippen LogP) is 3.83. The third kappa shape index (κ3) is 4.45. The van der Waals surface area contributed by atoms with Crippen LogP contribution in [0.1, 0.15) is 54.4 Å². The fraction of sp³-hybridized carbons (Fsp3) is 0.545. The molecule has 6 nitrogen and oxygen atoms in total. The highest BCUT2D eigenvalue weighted by atomic mass is 32.2. The number of aromatic nitrogens is 1. The topological polar surface area (TPSA) is 70.6 Å². The Morgan fingerprint density at radius 2 is 1.93 bits per heavy atom. The molecule has 30 heavy (non-hydrogen) atoms. The summed E-state index contributed by atoms with van der Waals surface area (Å²) in [7, 11) is -3.61. The number of likely N-dealkylation sites (tertiary alicyclic amines) is 1. The predicted molar refractivity (Wildman–Crippen MR) is 118 cm³/mol. The average molecular weight is 448 g/mol. The molecule has 1 aromatic carbocycles. The molecule has 162 valence electrons. The van der Waals surface area contributed by atoms with Gasteiger partial charge >= 0.3 is 0 Å². The van der Waals surface area contributed by atoms with Crippen LogP contribution in [-0.4, -0.2) is 54.7 Å². The maximum atomic E-state index is 13.2. The average Bonchev–Trinajstić information content (AvgIpc) is 3.28. The molecule has 0 spiro atoms. The van der Waals surface area contributed by atoms with Crippen LogP contribution in [0.15, 0.2) is 40.7 Å². The summed E-state index contributed by atoms with van der Waals surface area (Å²) in [5.41, 5.74) is 0.439. The van der Waals surface area contributed by atoms with Gasteiger partial charge in [-0.15, -0.1) is 11.3 Å². The van der Waals surface area contributed by atoms with Crippen molar-refractivity contribution in [3.63, 3.8) is 0 Å². The van der Waals surface area contributed by atoms with Gasteiger partial charge in [-0.2, -0.15) is 4.31 Å². The van der Waals surface area contributed by atoms with Gasteiger partial charge in [0.1, 0.15) is 0 Å². The lowest BCUT2D eigenvalue weighted by Gasteiger charge is -2.34. The summed E-state index contributed by atoms with van der Waals surface area (Å²) < 4.78 is 28.0. The fourth-order valence-electron chi connectivity index (χ4n) is 4.72. The Hall–Kier alpha value is -1.77. The first-order valence-corrected chi connectivity index (χ1v) is 13.0. The summed E-state index contributed by atoms with van der Waals surface area (Å²) in [6.07, 6.45) is 4.80. The first-order valence-electron chi connectivity index (χ1n) is 10.6. The van der Waals surface area contributed by atoms with Gasteiger partial charge in [0, 0.05) is 49.2 Å². The third-order valence-electron chi connectivity index (χ3n) is 6.06. The van der Waals surface area contributed by atoms with Gasteiger partial charge in [-0.1, -0.05) is 19.9 Å². The molecule has 2 saturated heterocycles. The fourth-order valence-corrected chi connectivity index (χ4v) is 7.22. The Kier molecular flexibility index (Phi) is 6.27. The number of sulfonamides is 1. The van der Waals surface area contributed by atoms with Crippen LogP contribution >= 0.6 is 11.3 Å². The second-order valence-corrected chi connectivity index (χ2v) is 11.6. The van der Waals surface area contributed by atoms with Crippen LogP contribution in [0.25, 0.3) is 0 Å². The van der Waals surface area contributed by atoms with E-state index in [9.17, 15) is 13.2 Å². The lowest BCUT2D eigenvalue weighted by Crippen LogP contribution is -2.42. The van der Waals surface area contributed by atoms with Gasteiger partial charge in [-0.25, -0.2) is 13.4 Å². The minimum atomic E-state index is -3.61. The number of piperidine rings is 2. The normalized spacial score (nSPS) is 25.9. The van der Waals surface area contributed by atoms with Gasteiger partial charge in [-0.3, -0.25) is 4.79 Å². The van der Waals surface area contributed by atoms with Crippen molar-refractivity contribution in [3.05, 3.63) is 46.4 Å². The number of amides is 1. The maximum Gasteiger partial charge on any atom is 0.253 e. The smallest absolute Gasteiger partial charge is 0.253 e. The number of thiazole rings is 1. The molecule has 0 radical (unpaired) electrons. The van der Waals surface area contributed by atoms with Crippen LogP contribution in [0.2, 0.25) is 0 Å². The zero-order valence-corrected chi connectivity index (χ0v) is 19.2. The monoisotopic (exact) mass is 447 g/mol. The van der Waals surface area contributed by atoms with Crippen molar-refractivity contribution in [2.45, 2.75) is 43.9 Å². The number of rotatable bonds is 4. The summed E-state index contributed by atoms with van der Waals surface area (Å²) in [5.74, 6) is 0.827. The molecule has 0 bridgehead atoms. The van der Waals surface area contributed by atoms with Crippen LogP contribution in [0, 0.1) is 11.8 Å². The van der Waals surface area contributed by atoms with E-state index in [2.05, 4.69) is 18.8 Å². The van der Waals surface area contributed by atoms with Crippen LogP contribution in [0.4, 0.5) is 0 Å². The summed E-state index contributed by atoms with van der Waals surface area (Å²) >= 11 is 1.63. The highest BCUT2D eigenvalue weighted by Gasteiger charge is 2.33. The summed E-state index contributed by atoms with van der Waals surface area (Å²) in [5, 5.41) is 3.03. The summed E-state index contributed by atoms with van der Waals surface area (Å²) in [6.45, 7) is 6.57. The van der Waals surface area contributed by atoms with Crippen molar-refractivity contribution in [2.75, 3.05) is 26.2 Å². The highest BCUT2D eigenvalue weighted by molar-refractivity contribution is 7.89. The molecule has 8 heteroatoms. The standard InChI is InChI=1S/C22H29N3O3S2/c1-16-11-17(2)14-25(13-16)30(27,28)20-7-3-5-18(12-20)22(26)24-9-4-6-19(15-24)21-23-8-10-29-21/h3,5,7-8,10,12,16-17,19H,4,6,9,11,13-15H2,1-2H3. The van der Waals surface area contributed by atoms with E-state index in [-0.39, 0.29) is 16.7 Å². The summed E-state index contributed by atoms with van der Waals surface area (Å²) in [4.78, 5) is 19.6. The number of hydrogen-bond donors (Lipinski definition) is 0. The van der Waals surface area contributed by atoms with Crippen molar-refractivity contribution in [1.29, 1.82) is 0 Å². The number of nitrogens with zero attached hydrogens (tertiary/aromatic N) is 3. The molecule has 0 N–H and O–H groups in total. The Balaban J connectivity index is 1.53. The van der Waals surface area contributed by atoms with Crippen molar-refractivity contribution in [1.82, 2.24) is 14.2 Å². The van der Waals surface area contributed by atoms with Crippen LogP contribution in [0.3, 0.4) is 0 Å². The molecule has 3 heterocycles.